The lowest BCUT2D eigenvalue weighted by Gasteiger charge is -2.34. The van der Waals surface area contributed by atoms with Crippen LogP contribution in [0.2, 0.25) is 0 Å². The number of H-pyrrole nitrogens is 1. The van der Waals surface area contributed by atoms with Gasteiger partial charge in [0.05, 0.1) is 25.8 Å². The fraction of sp³-hybridized carbons (Fsp3) is 0.485. The molecule has 2 amide bonds. The molecule has 0 saturated heterocycles. The molecule has 1 aliphatic heterocycles. The molecule has 0 spiro atoms. The number of alkyl halides is 3. The van der Waals surface area contributed by atoms with E-state index in [2.05, 4.69) is 43.1 Å². The number of carboxylic acid groups (broad SMARTS) is 1. The number of carbonyl (C=O) groups excluding carboxylic acids is 2. The number of carbonyl (C=O) groups is 3. The number of carboxylic acids is 1. The molecule has 0 radical (unpaired) electrons. The average molecular weight is 691 g/mol. The predicted octanol–water partition coefficient (Wildman–Crippen LogP) is 4.08. The number of benzene rings is 2. The molecule has 1 saturated carbocycles. The standard InChI is InChI=1S/C31H40N6O5.C2HF3O2/c38-27-10-9-23(31-30(27)34-28(39)21-42-31)11-14-32-15-16-37(25-7-2-1-3-8-25)29(40)13-18-41-17-12-22-5-4-6-24(19-22)26-20-33-36-35-26;3-2(4,5)1(6)7/h4-6,9-10,19-20,25,32,38H,1-3,7-8,11-18,21H2,(H,34,39)(H,33,35,36);(H,6,7). The van der Waals surface area contributed by atoms with Crippen LogP contribution in [0.4, 0.5) is 18.9 Å². The Kier molecular flexibility index (Phi) is 13.8. The number of aromatic amines is 1. The maximum atomic E-state index is 13.3. The Labute approximate surface area is 281 Å². The van der Waals surface area contributed by atoms with E-state index in [1.54, 1.807) is 12.3 Å². The van der Waals surface area contributed by atoms with E-state index in [-0.39, 0.29) is 30.2 Å². The van der Waals surface area contributed by atoms with Crippen molar-refractivity contribution in [3.8, 4) is 22.8 Å². The molecular weight excluding hydrogens is 649 g/mol. The molecule has 0 bridgehead atoms. The number of phenols is 1. The molecule has 16 heteroatoms. The van der Waals surface area contributed by atoms with E-state index in [1.165, 1.54) is 6.42 Å². The molecule has 1 aliphatic carbocycles. The molecular formula is C33H41F3N6O7. The van der Waals surface area contributed by atoms with Gasteiger partial charge in [-0.2, -0.15) is 28.6 Å². The third kappa shape index (κ3) is 11.5. The van der Waals surface area contributed by atoms with Gasteiger partial charge >= 0.3 is 12.1 Å². The highest BCUT2D eigenvalue weighted by molar-refractivity contribution is 5.97. The van der Waals surface area contributed by atoms with Gasteiger partial charge in [-0.15, -0.1) is 0 Å². The van der Waals surface area contributed by atoms with E-state index in [1.807, 2.05) is 18.2 Å². The van der Waals surface area contributed by atoms with Crippen molar-refractivity contribution in [1.29, 1.82) is 0 Å². The van der Waals surface area contributed by atoms with Gasteiger partial charge in [0.15, 0.2) is 12.4 Å². The number of amides is 2. The summed E-state index contributed by atoms with van der Waals surface area (Å²) in [5, 5.41) is 34.0. The van der Waals surface area contributed by atoms with Crippen LogP contribution in [-0.2, 0) is 32.0 Å². The second-order valence-corrected chi connectivity index (χ2v) is 11.6. The second-order valence-electron chi connectivity index (χ2n) is 11.6. The second kappa shape index (κ2) is 18.2. The number of anilines is 1. The Balaban J connectivity index is 0.000000698. The summed E-state index contributed by atoms with van der Waals surface area (Å²) >= 11 is 0. The van der Waals surface area contributed by atoms with Gasteiger partial charge < -0.3 is 35.2 Å². The fourth-order valence-electron chi connectivity index (χ4n) is 5.68. The van der Waals surface area contributed by atoms with Crippen LogP contribution in [0.1, 0.15) is 49.7 Å². The number of hydrogen-bond acceptors (Lipinski definition) is 9. The monoisotopic (exact) mass is 690 g/mol. The molecule has 1 fully saturated rings. The van der Waals surface area contributed by atoms with E-state index >= 15 is 0 Å². The van der Waals surface area contributed by atoms with Crippen LogP contribution in [-0.4, -0.2) is 100.0 Å². The molecule has 2 heterocycles. The van der Waals surface area contributed by atoms with Crippen molar-refractivity contribution in [2.75, 3.05) is 44.8 Å². The Hall–Kier alpha value is -4.70. The lowest BCUT2D eigenvalue weighted by molar-refractivity contribution is -0.192. The summed E-state index contributed by atoms with van der Waals surface area (Å²) in [7, 11) is 0. The van der Waals surface area contributed by atoms with E-state index in [4.69, 9.17) is 19.4 Å². The van der Waals surface area contributed by atoms with Crippen molar-refractivity contribution in [2.45, 2.75) is 63.6 Å². The van der Waals surface area contributed by atoms with Crippen LogP contribution in [0.25, 0.3) is 11.3 Å². The smallest absolute Gasteiger partial charge is 0.490 e. The predicted molar refractivity (Wildman–Crippen MR) is 172 cm³/mol. The minimum absolute atomic E-state index is 0.00229. The molecule has 0 atom stereocenters. The van der Waals surface area contributed by atoms with Crippen LogP contribution in [0, 0.1) is 0 Å². The zero-order chi connectivity index (χ0) is 35.2. The molecule has 2 aliphatic rings. The topological polar surface area (TPSA) is 179 Å². The third-order valence-electron chi connectivity index (χ3n) is 8.14. The first-order valence-corrected chi connectivity index (χ1v) is 16.1. The minimum Gasteiger partial charge on any atom is -0.506 e. The third-order valence-corrected chi connectivity index (χ3v) is 8.14. The largest absolute Gasteiger partial charge is 0.506 e. The number of halogens is 3. The number of phenolic OH excluding ortho intramolecular Hbond substituents is 1. The molecule has 2 aromatic carbocycles. The van der Waals surface area contributed by atoms with Gasteiger partial charge in [-0.25, -0.2) is 4.79 Å². The number of rotatable bonds is 14. The number of nitrogens with zero attached hydrogens (tertiary/aromatic N) is 3. The highest BCUT2D eigenvalue weighted by Gasteiger charge is 2.38. The number of ether oxygens (including phenoxy) is 2. The van der Waals surface area contributed by atoms with E-state index in [0.717, 1.165) is 54.5 Å². The van der Waals surface area contributed by atoms with Crippen molar-refractivity contribution in [3.63, 3.8) is 0 Å². The minimum atomic E-state index is -5.08. The van der Waals surface area contributed by atoms with E-state index in [9.17, 15) is 27.9 Å². The van der Waals surface area contributed by atoms with Gasteiger partial charge in [-0.1, -0.05) is 43.5 Å². The van der Waals surface area contributed by atoms with Crippen molar-refractivity contribution < 1.29 is 47.2 Å². The summed E-state index contributed by atoms with van der Waals surface area (Å²) in [5.41, 5.74) is 4.22. The fourth-order valence-corrected chi connectivity index (χ4v) is 5.68. The molecule has 13 nitrogen and oxygen atoms in total. The van der Waals surface area contributed by atoms with Gasteiger partial charge in [0.1, 0.15) is 17.1 Å². The average Bonchev–Trinajstić information content (AvgIpc) is 3.63. The van der Waals surface area contributed by atoms with Crippen molar-refractivity contribution in [2.24, 2.45) is 0 Å². The van der Waals surface area contributed by atoms with Crippen LogP contribution >= 0.6 is 0 Å². The summed E-state index contributed by atoms with van der Waals surface area (Å²) in [6.45, 7) is 2.91. The van der Waals surface area contributed by atoms with Crippen molar-refractivity contribution in [3.05, 3.63) is 53.7 Å². The number of aromatic nitrogens is 3. The lowest BCUT2D eigenvalue weighted by Crippen LogP contribution is -2.45. The quantitative estimate of drug-likeness (QED) is 0.122. The maximum absolute atomic E-state index is 13.3. The maximum Gasteiger partial charge on any atom is 0.490 e. The zero-order valence-electron chi connectivity index (χ0n) is 26.9. The zero-order valence-corrected chi connectivity index (χ0v) is 26.9. The summed E-state index contributed by atoms with van der Waals surface area (Å²) < 4.78 is 43.2. The highest BCUT2D eigenvalue weighted by Crippen LogP contribution is 2.39. The molecule has 49 heavy (non-hydrogen) atoms. The molecule has 3 aromatic rings. The molecule has 266 valence electrons. The summed E-state index contributed by atoms with van der Waals surface area (Å²) in [4.78, 5) is 35.9. The Morgan fingerprint density at radius 2 is 1.86 bits per heavy atom. The Morgan fingerprint density at radius 1 is 1.08 bits per heavy atom. The van der Waals surface area contributed by atoms with Crippen molar-refractivity contribution >= 4 is 23.5 Å². The van der Waals surface area contributed by atoms with Crippen LogP contribution in [0.5, 0.6) is 11.5 Å². The van der Waals surface area contributed by atoms with Crippen LogP contribution < -0.4 is 15.4 Å². The molecule has 5 rings (SSSR count). The van der Waals surface area contributed by atoms with Crippen molar-refractivity contribution in [1.82, 2.24) is 25.6 Å². The van der Waals surface area contributed by atoms with Crippen LogP contribution in [0.15, 0.2) is 42.6 Å². The SMILES string of the molecule is O=C(O)C(F)(F)F.O=C1COc2c(CCNCCN(C(=O)CCOCCc3cccc(-c4cn[nH]n4)c3)C3CCCCC3)ccc(O)c2N1. The van der Waals surface area contributed by atoms with Gasteiger partial charge in [0.2, 0.25) is 5.91 Å². The Bertz CT molecular complexity index is 1530. The number of nitrogens with one attached hydrogen (secondary N) is 3. The lowest BCUT2D eigenvalue weighted by atomic mass is 9.94. The summed E-state index contributed by atoms with van der Waals surface area (Å²) in [5.74, 6) is -2.36. The molecule has 1 aromatic heterocycles. The number of aliphatic carboxylic acids is 1. The highest BCUT2D eigenvalue weighted by atomic mass is 19.4. The van der Waals surface area contributed by atoms with Crippen LogP contribution in [0.3, 0.4) is 0 Å². The van der Waals surface area contributed by atoms with E-state index in [0.29, 0.717) is 57.1 Å². The molecule has 5 N–H and O–H groups in total. The number of aromatic hydroxyl groups is 1. The first-order chi connectivity index (χ1) is 23.5. The first kappa shape index (κ1) is 37.1. The van der Waals surface area contributed by atoms with Gasteiger partial charge in [0.25, 0.3) is 5.91 Å². The van der Waals surface area contributed by atoms with Gasteiger partial charge in [-0.05, 0) is 55.5 Å². The van der Waals surface area contributed by atoms with Gasteiger partial charge in [-0.3, -0.25) is 9.59 Å². The van der Waals surface area contributed by atoms with E-state index < -0.39 is 12.1 Å². The number of hydrogen-bond donors (Lipinski definition) is 5. The summed E-state index contributed by atoms with van der Waals surface area (Å²) in [6, 6.07) is 11.8. The normalized spacial score (nSPS) is 14.6. The summed E-state index contributed by atoms with van der Waals surface area (Å²) in [6.07, 6.45) is 4.09. The molecule has 0 unspecified atom stereocenters. The Morgan fingerprint density at radius 3 is 2.57 bits per heavy atom. The van der Waals surface area contributed by atoms with Gasteiger partial charge in [0, 0.05) is 24.7 Å². The first-order valence-electron chi connectivity index (χ1n) is 16.1. The number of fused-ring (bicyclic) bond motifs is 1.